The minimum absolute atomic E-state index is 0.321. The highest BCUT2D eigenvalue weighted by Crippen LogP contribution is 2.65. The number of aromatic amines is 2. The van der Waals surface area contributed by atoms with Crippen molar-refractivity contribution in [2.45, 2.75) is 249 Å². The minimum atomic E-state index is 0.321. The third-order valence-corrected chi connectivity index (χ3v) is 27.1. The van der Waals surface area contributed by atoms with Gasteiger partial charge in [-0.3, -0.25) is 0 Å². The quantitative estimate of drug-likeness (QED) is 0.0196. The monoisotopic (exact) mass is 1690 g/mol. The summed E-state index contributed by atoms with van der Waals surface area (Å²) >= 11 is 6.65. The molecule has 17 rings (SSSR count). The Labute approximate surface area is 720 Å². The van der Waals surface area contributed by atoms with E-state index in [9.17, 15) is 0 Å². The molecule has 6 aliphatic heterocycles. The lowest BCUT2D eigenvalue weighted by Gasteiger charge is -2.28. The summed E-state index contributed by atoms with van der Waals surface area (Å²) < 4.78 is 60.0. The SMILES string of the molecule is CCCCCOc1c2c(c(OCCCCC)c3c1-c1nc-3nc3[nH]c(nc4nc(nc5[nH]c(n1)c1c(OCCCCC)c6c(c(OCCCCC)c51)Sc1ccccc1N6)-c1c(OCCCCC)c5c(c(OCCCCC)c1-4)Sc1ccccc1N5)c1c(OCCCCC)c4c(c(OCCCCC)c31)Nc1ccccc1S4)Sc1ccccc1N2. The Morgan fingerprint density at radius 1 is 0.233 bits per heavy atom. The number of rotatable bonds is 40. The summed E-state index contributed by atoms with van der Waals surface area (Å²) in [6, 6.07) is 33.8. The fourth-order valence-corrected chi connectivity index (χ4v) is 20.6. The number of para-hydroxylation sites is 4. The van der Waals surface area contributed by atoms with Gasteiger partial charge in [0.05, 0.1) is 162 Å². The molecule has 0 saturated carbocycles. The Bertz CT molecular complexity index is 5110. The first-order valence-corrected chi connectivity index (χ1v) is 47.5. The predicted octanol–water partition coefficient (Wildman–Crippen LogP) is 28.3. The van der Waals surface area contributed by atoms with Gasteiger partial charge in [0.15, 0.2) is 46.3 Å². The molecule has 0 amide bonds. The average Bonchev–Trinajstić information content (AvgIpc) is 1.55. The molecule has 6 N–H and O–H groups in total. The highest BCUT2D eigenvalue weighted by atomic mass is 32.2. The van der Waals surface area contributed by atoms with Crippen molar-refractivity contribution in [3.05, 3.63) is 97.1 Å². The summed E-state index contributed by atoms with van der Waals surface area (Å²) in [4.78, 5) is 51.9. The molecule has 0 spiro atoms. The fourth-order valence-electron chi connectivity index (χ4n) is 16.3. The molecule has 626 valence electrons. The predicted molar refractivity (Wildman–Crippen MR) is 492 cm³/mol. The Balaban J connectivity index is 1.10. The van der Waals surface area contributed by atoms with Crippen LogP contribution in [0.15, 0.2) is 136 Å². The molecule has 9 heterocycles. The molecule has 0 unspecified atom stereocenters. The van der Waals surface area contributed by atoms with E-state index >= 15 is 0 Å². The molecule has 120 heavy (non-hydrogen) atoms. The van der Waals surface area contributed by atoms with Crippen LogP contribution >= 0.6 is 47.0 Å². The third kappa shape index (κ3) is 16.5. The van der Waals surface area contributed by atoms with E-state index in [-0.39, 0.29) is 0 Å². The van der Waals surface area contributed by atoms with Crippen LogP contribution in [0.2, 0.25) is 0 Å². The number of benzene rings is 8. The van der Waals surface area contributed by atoms with E-state index in [1.807, 2.05) is 0 Å². The zero-order valence-electron chi connectivity index (χ0n) is 70.4. The number of aromatic nitrogens is 8. The molecule has 11 aromatic rings. The first kappa shape index (κ1) is 82.4. The van der Waals surface area contributed by atoms with Gasteiger partial charge in [0.25, 0.3) is 0 Å². The first-order chi connectivity index (χ1) is 59.3. The molecule has 8 aromatic carbocycles. The van der Waals surface area contributed by atoms with Crippen LogP contribution in [0.4, 0.5) is 45.5 Å². The Hall–Kier alpha value is -9.88. The molecule has 0 aliphatic carbocycles. The summed E-state index contributed by atoms with van der Waals surface area (Å²) in [6.45, 7) is 21.1. The molecular formula is C96H110N12O8S4. The van der Waals surface area contributed by atoms with E-state index in [4.69, 9.17) is 67.8 Å². The van der Waals surface area contributed by atoms with Crippen LogP contribution < -0.4 is 59.2 Å². The van der Waals surface area contributed by atoms with Gasteiger partial charge in [-0.25, -0.2) is 29.9 Å². The van der Waals surface area contributed by atoms with Crippen molar-refractivity contribution >= 4 is 137 Å². The fraction of sp³-hybridized carbons (Fsp3) is 0.417. The number of H-pyrrole nitrogens is 2. The molecule has 8 bridgehead atoms. The van der Waals surface area contributed by atoms with Crippen molar-refractivity contribution in [2.24, 2.45) is 0 Å². The van der Waals surface area contributed by atoms with Crippen molar-refractivity contribution in [3.63, 3.8) is 0 Å². The molecule has 3 aromatic heterocycles. The largest absolute Gasteiger partial charge is 0.492 e. The molecular weight excluding hydrogens is 1580 g/mol. The number of ether oxygens (including phenoxy) is 8. The average molecular weight is 1690 g/mol. The maximum Gasteiger partial charge on any atom is 0.168 e. The second kappa shape index (κ2) is 38.5. The number of hydrogen-bond donors (Lipinski definition) is 6. The van der Waals surface area contributed by atoms with Crippen LogP contribution in [0.3, 0.4) is 0 Å². The van der Waals surface area contributed by atoms with Crippen LogP contribution in [0.5, 0.6) is 46.0 Å². The minimum Gasteiger partial charge on any atom is -0.492 e. The van der Waals surface area contributed by atoms with Crippen LogP contribution in [0.1, 0.15) is 209 Å². The van der Waals surface area contributed by atoms with E-state index in [1.165, 1.54) is 0 Å². The van der Waals surface area contributed by atoms with Crippen molar-refractivity contribution < 1.29 is 37.9 Å². The highest BCUT2D eigenvalue weighted by Gasteiger charge is 2.42. The van der Waals surface area contributed by atoms with Gasteiger partial charge in [0.1, 0.15) is 45.6 Å². The molecule has 0 atom stereocenters. The number of hydrogen-bond acceptors (Lipinski definition) is 22. The normalized spacial score (nSPS) is 12.9. The summed E-state index contributed by atoms with van der Waals surface area (Å²) in [5.41, 5.74) is 11.0. The van der Waals surface area contributed by atoms with E-state index in [0.717, 1.165) is 239 Å². The lowest BCUT2D eigenvalue weighted by atomic mass is 10.0. The summed E-state index contributed by atoms with van der Waals surface area (Å²) in [6.07, 6.45) is 22.1. The lowest BCUT2D eigenvalue weighted by molar-refractivity contribution is 0.295. The Morgan fingerprint density at radius 2 is 0.442 bits per heavy atom. The van der Waals surface area contributed by atoms with Gasteiger partial charge >= 0.3 is 0 Å². The van der Waals surface area contributed by atoms with E-state index < -0.39 is 0 Å². The summed E-state index contributed by atoms with van der Waals surface area (Å²) in [5, 5.41) is 18.4. The van der Waals surface area contributed by atoms with Gasteiger partial charge in [0.2, 0.25) is 0 Å². The number of anilines is 8. The summed E-state index contributed by atoms with van der Waals surface area (Å²) in [5.74, 6) is 6.12. The number of nitrogens with one attached hydrogen (secondary N) is 6. The summed E-state index contributed by atoms with van der Waals surface area (Å²) in [7, 11) is 0. The zero-order chi connectivity index (χ0) is 82.0. The van der Waals surface area contributed by atoms with Crippen LogP contribution in [-0.2, 0) is 0 Å². The second-order valence-corrected chi connectivity index (χ2v) is 35.6. The smallest absolute Gasteiger partial charge is 0.168 e. The van der Waals surface area contributed by atoms with Crippen LogP contribution in [-0.4, -0.2) is 92.7 Å². The van der Waals surface area contributed by atoms with E-state index in [2.05, 4.69) is 184 Å². The molecule has 6 aliphatic rings. The van der Waals surface area contributed by atoms with Crippen molar-refractivity contribution in [3.8, 4) is 91.5 Å². The van der Waals surface area contributed by atoms with Gasteiger partial charge in [0, 0.05) is 19.6 Å². The van der Waals surface area contributed by atoms with Crippen molar-refractivity contribution in [1.29, 1.82) is 0 Å². The van der Waals surface area contributed by atoms with Crippen LogP contribution in [0.25, 0.3) is 89.7 Å². The second-order valence-electron chi connectivity index (χ2n) is 31.4. The van der Waals surface area contributed by atoms with Gasteiger partial charge < -0.3 is 69.1 Å². The van der Waals surface area contributed by atoms with Gasteiger partial charge in [-0.1, -0.05) is 254 Å². The van der Waals surface area contributed by atoms with Gasteiger partial charge in [-0.2, -0.15) is 0 Å². The molecule has 24 heteroatoms. The first-order valence-electron chi connectivity index (χ1n) is 44.2. The number of unbranched alkanes of at least 4 members (excludes halogenated alkanes) is 16. The van der Waals surface area contributed by atoms with E-state index in [1.54, 1.807) is 47.0 Å². The molecule has 0 saturated heterocycles. The Kier molecular flexibility index (Phi) is 26.4. The molecule has 0 fully saturated rings. The molecule has 0 radical (unpaired) electrons. The number of fused-ring (bicyclic) bond motifs is 28. The van der Waals surface area contributed by atoms with Crippen LogP contribution in [0, 0.1) is 0 Å². The van der Waals surface area contributed by atoms with Gasteiger partial charge in [-0.15, -0.1) is 0 Å². The zero-order valence-corrected chi connectivity index (χ0v) is 73.7. The topological polar surface area (TPSA) is 231 Å². The van der Waals surface area contributed by atoms with Crippen molar-refractivity contribution in [2.75, 3.05) is 74.1 Å². The Morgan fingerprint density at radius 3 is 0.708 bits per heavy atom. The maximum absolute atomic E-state index is 7.51. The third-order valence-electron chi connectivity index (χ3n) is 22.5. The lowest BCUT2D eigenvalue weighted by Crippen LogP contribution is -2.10. The standard InChI is InChI=1S/C96H110N12O8S4/c1-9-17-33-49-109-77-65-69(81(113-53-37-21-13-5)85-73(77)97-57-41-25-29-45-61(57)117-85)93-102-89(65)101-90-66-70(82(114-54-38-22-14-6)86-74(78(66)110-50-34-18-10-2)98-58-42-26-30-46-62(58)118-86)94(103-90)105-92-68-72(84(116-56-40-24-16-8)88-76(80(68)112-52-36-20-12-4)100-60-44-28-32-48-64(60)120-88)96(107-92)108-95-71-67(91(104-93)106-95)79(111-51-35-19-11-3)75-87(83(71)115-55-39-23-15-7)119-63-47-31-27-43-59(63)99-75/h25-32,41-48,97-100H,9-24,33-40,49-56H2,1-8H3,(H2,101,102,103,104,105,106,107,108). The van der Waals surface area contributed by atoms with Crippen molar-refractivity contribution in [1.82, 2.24) is 39.9 Å². The highest BCUT2D eigenvalue weighted by molar-refractivity contribution is 8.00. The molecule has 20 nitrogen and oxygen atoms in total. The number of nitrogens with zero attached hydrogens (tertiary/aromatic N) is 6. The van der Waals surface area contributed by atoms with E-state index in [0.29, 0.717) is 189 Å². The van der Waals surface area contributed by atoms with Gasteiger partial charge in [-0.05, 0) is 99.9 Å². The maximum atomic E-state index is 7.51.